The largest absolute Gasteiger partial charge is 0.396 e. The quantitative estimate of drug-likeness (QED) is 0.823. The zero-order valence-electron chi connectivity index (χ0n) is 12.5. The van der Waals surface area contributed by atoms with Gasteiger partial charge in [0.2, 0.25) is 0 Å². The Balaban J connectivity index is 2.88. The van der Waals surface area contributed by atoms with E-state index in [9.17, 15) is 4.79 Å². The topological polar surface area (TPSA) is 67.2 Å². The van der Waals surface area contributed by atoms with Crippen molar-refractivity contribution in [3.63, 3.8) is 0 Å². The van der Waals surface area contributed by atoms with Crippen molar-refractivity contribution in [3.05, 3.63) is 17.0 Å². The molecule has 5 heteroatoms. The lowest BCUT2D eigenvalue weighted by Crippen LogP contribution is -2.38. The van der Waals surface area contributed by atoms with Crippen molar-refractivity contribution in [2.24, 2.45) is 5.92 Å². The van der Waals surface area contributed by atoms with Gasteiger partial charge in [-0.05, 0) is 33.1 Å². The zero-order chi connectivity index (χ0) is 14.6. The van der Waals surface area contributed by atoms with E-state index in [0.29, 0.717) is 5.56 Å². The standard InChI is InChI=1S/C14H25N3O2/c1-6-7-17-12(5)13(11(4)16-17)14(19)15-10(3)9(2)8-18/h9-10,18H,6-8H2,1-5H3,(H,15,19). The molecule has 2 unspecified atom stereocenters. The second-order valence-electron chi connectivity index (χ2n) is 5.19. The average Bonchev–Trinajstić information content (AvgIpc) is 2.63. The number of hydrogen-bond donors (Lipinski definition) is 2. The van der Waals surface area contributed by atoms with E-state index < -0.39 is 0 Å². The van der Waals surface area contributed by atoms with Gasteiger partial charge >= 0.3 is 0 Å². The van der Waals surface area contributed by atoms with Gasteiger partial charge in [-0.3, -0.25) is 9.48 Å². The van der Waals surface area contributed by atoms with Crippen molar-refractivity contribution in [2.75, 3.05) is 6.61 Å². The Morgan fingerprint density at radius 1 is 1.42 bits per heavy atom. The summed E-state index contributed by atoms with van der Waals surface area (Å²) in [6, 6.07) is -0.0641. The van der Waals surface area contributed by atoms with Crippen LogP contribution >= 0.6 is 0 Å². The molecule has 0 aliphatic heterocycles. The average molecular weight is 267 g/mol. The molecular weight excluding hydrogens is 242 g/mol. The molecule has 1 heterocycles. The number of nitrogens with zero attached hydrogens (tertiary/aromatic N) is 2. The third kappa shape index (κ3) is 3.56. The Kier molecular flexibility index (Phi) is 5.54. The Labute approximate surface area is 115 Å². The zero-order valence-corrected chi connectivity index (χ0v) is 12.5. The maximum Gasteiger partial charge on any atom is 0.255 e. The van der Waals surface area contributed by atoms with Gasteiger partial charge in [-0.25, -0.2) is 0 Å². The second-order valence-corrected chi connectivity index (χ2v) is 5.19. The fourth-order valence-electron chi connectivity index (χ4n) is 2.03. The first-order chi connectivity index (χ1) is 8.92. The number of hydrogen-bond acceptors (Lipinski definition) is 3. The molecule has 2 atom stereocenters. The number of aliphatic hydroxyl groups is 1. The van der Waals surface area contributed by atoms with Gasteiger partial charge in [0, 0.05) is 24.9 Å². The SMILES string of the molecule is CCCn1nc(C)c(C(=O)NC(C)C(C)CO)c1C. The van der Waals surface area contributed by atoms with Crippen LogP contribution in [0.4, 0.5) is 0 Å². The molecule has 19 heavy (non-hydrogen) atoms. The Hall–Kier alpha value is -1.36. The Bertz CT molecular complexity index is 440. The molecule has 0 aromatic carbocycles. The highest BCUT2D eigenvalue weighted by Gasteiger charge is 2.21. The summed E-state index contributed by atoms with van der Waals surface area (Å²) in [7, 11) is 0. The fraction of sp³-hybridized carbons (Fsp3) is 0.714. The molecular formula is C14H25N3O2. The van der Waals surface area contributed by atoms with E-state index in [1.807, 2.05) is 32.4 Å². The third-order valence-corrected chi connectivity index (χ3v) is 3.54. The van der Waals surface area contributed by atoms with Gasteiger partial charge < -0.3 is 10.4 Å². The van der Waals surface area contributed by atoms with Crippen LogP contribution in [-0.4, -0.2) is 33.4 Å². The fourth-order valence-corrected chi connectivity index (χ4v) is 2.03. The number of aryl methyl sites for hydroxylation is 2. The van der Waals surface area contributed by atoms with E-state index in [1.165, 1.54) is 0 Å². The Morgan fingerprint density at radius 2 is 2.05 bits per heavy atom. The van der Waals surface area contributed by atoms with Gasteiger partial charge in [0.05, 0.1) is 11.3 Å². The molecule has 2 N–H and O–H groups in total. The van der Waals surface area contributed by atoms with Gasteiger partial charge in [-0.2, -0.15) is 5.10 Å². The number of nitrogens with one attached hydrogen (secondary N) is 1. The van der Waals surface area contributed by atoms with E-state index in [-0.39, 0.29) is 24.5 Å². The van der Waals surface area contributed by atoms with Gasteiger partial charge in [0.25, 0.3) is 5.91 Å². The van der Waals surface area contributed by atoms with Crippen molar-refractivity contribution < 1.29 is 9.90 Å². The normalized spacial score (nSPS) is 14.2. The lowest BCUT2D eigenvalue weighted by molar-refractivity contribution is 0.0915. The summed E-state index contributed by atoms with van der Waals surface area (Å²) in [5.41, 5.74) is 2.32. The molecule has 5 nitrogen and oxygen atoms in total. The monoisotopic (exact) mass is 267 g/mol. The van der Waals surface area contributed by atoms with Crippen LogP contribution in [0.25, 0.3) is 0 Å². The van der Waals surface area contributed by atoms with E-state index in [0.717, 1.165) is 24.4 Å². The number of aliphatic hydroxyl groups excluding tert-OH is 1. The summed E-state index contributed by atoms with van der Waals surface area (Å²) in [5.74, 6) is -0.0691. The van der Waals surface area contributed by atoms with Crippen LogP contribution in [0.1, 0.15) is 48.9 Å². The highest BCUT2D eigenvalue weighted by atomic mass is 16.3. The van der Waals surface area contributed by atoms with Gasteiger partial charge in [0.1, 0.15) is 0 Å². The predicted molar refractivity (Wildman–Crippen MR) is 75.2 cm³/mol. The molecule has 0 spiro atoms. The van der Waals surface area contributed by atoms with Crippen molar-refractivity contribution in [3.8, 4) is 0 Å². The lowest BCUT2D eigenvalue weighted by Gasteiger charge is -2.19. The number of carbonyl (C=O) groups is 1. The summed E-state index contributed by atoms with van der Waals surface area (Å²) in [5, 5.41) is 16.4. The van der Waals surface area contributed by atoms with Crippen molar-refractivity contribution in [1.29, 1.82) is 0 Å². The highest BCUT2D eigenvalue weighted by Crippen LogP contribution is 2.14. The summed E-state index contributed by atoms with van der Waals surface area (Å²) in [4.78, 5) is 12.3. The molecule has 0 fully saturated rings. The first-order valence-electron chi connectivity index (χ1n) is 6.88. The van der Waals surface area contributed by atoms with Gasteiger partial charge in [-0.1, -0.05) is 13.8 Å². The molecule has 0 aliphatic rings. The summed E-state index contributed by atoms with van der Waals surface area (Å²) in [6.07, 6.45) is 0.987. The first kappa shape index (κ1) is 15.7. The molecule has 0 saturated carbocycles. The van der Waals surface area contributed by atoms with E-state index in [2.05, 4.69) is 17.3 Å². The predicted octanol–water partition coefficient (Wildman–Crippen LogP) is 1.66. The van der Waals surface area contributed by atoms with Crippen LogP contribution in [0.3, 0.4) is 0 Å². The molecule has 1 aromatic rings. The number of aromatic nitrogens is 2. The lowest BCUT2D eigenvalue weighted by atomic mass is 10.0. The van der Waals surface area contributed by atoms with Crippen molar-refractivity contribution >= 4 is 5.91 Å². The van der Waals surface area contributed by atoms with Gasteiger partial charge in [-0.15, -0.1) is 0 Å². The molecule has 1 rings (SSSR count). The number of carbonyl (C=O) groups excluding carboxylic acids is 1. The third-order valence-electron chi connectivity index (χ3n) is 3.54. The molecule has 0 aliphatic carbocycles. The van der Waals surface area contributed by atoms with Crippen LogP contribution < -0.4 is 5.32 Å². The van der Waals surface area contributed by atoms with Crippen LogP contribution in [0.2, 0.25) is 0 Å². The van der Waals surface area contributed by atoms with Crippen LogP contribution in [-0.2, 0) is 6.54 Å². The maximum absolute atomic E-state index is 12.3. The van der Waals surface area contributed by atoms with Crippen molar-refractivity contribution in [2.45, 2.75) is 53.6 Å². The summed E-state index contributed by atoms with van der Waals surface area (Å²) in [6.45, 7) is 10.6. The maximum atomic E-state index is 12.3. The highest BCUT2D eigenvalue weighted by molar-refractivity contribution is 5.96. The smallest absolute Gasteiger partial charge is 0.255 e. The second kappa shape index (κ2) is 6.70. The minimum absolute atomic E-state index is 0.0373. The van der Waals surface area contributed by atoms with Crippen molar-refractivity contribution in [1.82, 2.24) is 15.1 Å². The van der Waals surface area contributed by atoms with E-state index in [1.54, 1.807) is 0 Å². The minimum Gasteiger partial charge on any atom is -0.396 e. The molecule has 0 bridgehead atoms. The van der Waals surface area contributed by atoms with Crippen LogP contribution in [0, 0.1) is 19.8 Å². The number of rotatable bonds is 6. The van der Waals surface area contributed by atoms with Crippen LogP contribution in [0.15, 0.2) is 0 Å². The van der Waals surface area contributed by atoms with Crippen LogP contribution in [0.5, 0.6) is 0 Å². The number of amides is 1. The van der Waals surface area contributed by atoms with E-state index in [4.69, 9.17) is 5.11 Å². The molecule has 0 radical (unpaired) electrons. The molecule has 0 saturated heterocycles. The van der Waals surface area contributed by atoms with Gasteiger partial charge in [0.15, 0.2) is 0 Å². The summed E-state index contributed by atoms with van der Waals surface area (Å²) < 4.78 is 1.88. The molecule has 1 aromatic heterocycles. The Morgan fingerprint density at radius 3 is 2.58 bits per heavy atom. The molecule has 108 valence electrons. The minimum atomic E-state index is -0.106. The first-order valence-corrected chi connectivity index (χ1v) is 6.88. The van der Waals surface area contributed by atoms with E-state index >= 15 is 0 Å². The summed E-state index contributed by atoms with van der Waals surface area (Å²) >= 11 is 0. The molecule has 1 amide bonds.